The maximum atomic E-state index is 12.6. The lowest BCUT2D eigenvalue weighted by Crippen LogP contribution is -2.29. The van der Waals surface area contributed by atoms with Crippen molar-refractivity contribution >= 4 is 19.8 Å². The molecule has 0 aliphatic rings. The number of hydrogen-bond donors (Lipinski definition) is 3. The Labute approximate surface area is 322 Å². The molecule has 0 aromatic heterocycles. The molecule has 0 radical (unpaired) electrons. The number of carbonyl (C=O) groups excluding carboxylic acids is 2. The van der Waals surface area contributed by atoms with Gasteiger partial charge >= 0.3 is 19.8 Å². The fraction of sp³-hybridized carbons (Fsp3) is 0.810. The second-order valence-corrected chi connectivity index (χ2v) is 15.4. The van der Waals surface area contributed by atoms with Gasteiger partial charge in [0, 0.05) is 12.8 Å². The van der Waals surface area contributed by atoms with Gasteiger partial charge in [0.2, 0.25) is 0 Å². The minimum atomic E-state index is -4.62. The molecule has 0 aliphatic heterocycles. The molecule has 53 heavy (non-hydrogen) atoms. The lowest BCUT2D eigenvalue weighted by molar-refractivity contribution is -0.161. The zero-order valence-corrected chi connectivity index (χ0v) is 34.4. The first-order valence-electron chi connectivity index (χ1n) is 20.9. The van der Waals surface area contributed by atoms with Crippen LogP contribution in [0.3, 0.4) is 0 Å². The molecular formula is C42H77O10P. The fourth-order valence-corrected chi connectivity index (χ4v) is 6.39. The Morgan fingerprint density at radius 1 is 0.585 bits per heavy atom. The van der Waals surface area contributed by atoms with Crippen molar-refractivity contribution in [2.75, 3.05) is 26.4 Å². The van der Waals surface area contributed by atoms with Gasteiger partial charge in [-0.1, -0.05) is 159 Å². The molecular weight excluding hydrogens is 695 g/mol. The molecule has 3 N–H and O–H groups in total. The topological polar surface area (TPSA) is 149 Å². The van der Waals surface area contributed by atoms with Crippen LogP contribution in [0.2, 0.25) is 0 Å². The van der Waals surface area contributed by atoms with Crippen molar-refractivity contribution in [1.82, 2.24) is 0 Å². The van der Waals surface area contributed by atoms with Crippen molar-refractivity contribution in [2.24, 2.45) is 0 Å². The first-order valence-corrected chi connectivity index (χ1v) is 22.4. The molecule has 11 heteroatoms. The number of aliphatic hydroxyl groups excluding tert-OH is 2. The van der Waals surface area contributed by atoms with E-state index in [1.54, 1.807) is 0 Å². The van der Waals surface area contributed by atoms with Crippen LogP contribution in [0.5, 0.6) is 0 Å². The Morgan fingerprint density at radius 3 is 1.57 bits per heavy atom. The average Bonchev–Trinajstić information content (AvgIpc) is 3.14. The molecule has 0 aliphatic carbocycles. The van der Waals surface area contributed by atoms with Gasteiger partial charge in [0.25, 0.3) is 0 Å². The van der Waals surface area contributed by atoms with Crippen LogP contribution in [0.15, 0.2) is 36.5 Å². The summed E-state index contributed by atoms with van der Waals surface area (Å²) in [7, 11) is -4.62. The molecule has 0 rings (SSSR count). The molecule has 0 spiro atoms. The fourth-order valence-electron chi connectivity index (χ4n) is 5.60. The molecule has 0 aromatic rings. The number of allylic oxidation sites excluding steroid dienone is 6. The highest BCUT2D eigenvalue weighted by Gasteiger charge is 2.27. The molecule has 3 unspecified atom stereocenters. The smallest absolute Gasteiger partial charge is 0.462 e. The Balaban J connectivity index is 4.33. The van der Waals surface area contributed by atoms with Gasteiger partial charge in [-0.25, -0.2) is 4.57 Å². The van der Waals surface area contributed by atoms with Crippen LogP contribution < -0.4 is 0 Å². The quantitative estimate of drug-likeness (QED) is 0.0238. The van der Waals surface area contributed by atoms with E-state index < -0.39 is 51.8 Å². The van der Waals surface area contributed by atoms with Crippen LogP contribution >= 0.6 is 7.82 Å². The molecule has 0 fully saturated rings. The molecule has 310 valence electrons. The number of rotatable bonds is 39. The summed E-state index contributed by atoms with van der Waals surface area (Å²) in [4.78, 5) is 34.9. The number of ether oxygens (including phenoxy) is 2. The zero-order valence-electron chi connectivity index (χ0n) is 33.5. The van der Waals surface area contributed by atoms with Crippen LogP contribution in [0.1, 0.15) is 181 Å². The highest BCUT2D eigenvalue weighted by Crippen LogP contribution is 2.43. The first kappa shape index (κ1) is 51.2. The first-order chi connectivity index (χ1) is 25.7. The van der Waals surface area contributed by atoms with E-state index in [1.807, 2.05) is 0 Å². The summed E-state index contributed by atoms with van der Waals surface area (Å²) in [6, 6.07) is 0. The summed E-state index contributed by atoms with van der Waals surface area (Å²) < 4.78 is 32.7. The zero-order chi connectivity index (χ0) is 39.1. The number of unbranched alkanes of at least 4 members (excludes halogenated alkanes) is 19. The molecule has 3 atom stereocenters. The monoisotopic (exact) mass is 773 g/mol. The van der Waals surface area contributed by atoms with Gasteiger partial charge in [0.05, 0.1) is 19.8 Å². The third kappa shape index (κ3) is 38.3. The summed E-state index contributed by atoms with van der Waals surface area (Å²) in [5.41, 5.74) is 0. The average molecular weight is 773 g/mol. The summed E-state index contributed by atoms with van der Waals surface area (Å²) in [6.07, 6.45) is 38.2. The number of carbonyl (C=O) groups is 2. The number of phosphoric acid groups is 1. The van der Waals surface area contributed by atoms with E-state index in [9.17, 15) is 24.2 Å². The molecule has 0 bridgehead atoms. The van der Waals surface area contributed by atoms with Crippen molar-refractivity contribution in [1.29, 1.82) is 0 Å². The van der Waals surface area contributed by atoms with Gasteiger partial charge in [-0.05, 0) is 44.9 Å². The molecule has 0 aromatic carbocycles. The Kier molecular flexibility index (Phi) is 37.2. The Hall–Kier alpha value is -1.81. The predicted molar refractivity (Wildman–Crippen MR) is 214 cm³/mol. The van der Waals surface area contributed by atoms with Gasteiger partial charge in [-0.15, -0.1) is 0 Å². The molecule has 0 saturated carbocycles. The number of esters is 2. The van der Waals surface area contributed by atoms with Gasteiger partial charge in [-0.2, -0.15) is 0 Å². The highest BCUT2D eigenvalue weighted by molar-refractivity contribution is 7.47. The molecule has 0 heterocycles. The minimum absolute atomic E-state index is 0.166. The molecule has 0 amide bonds. The summed E-state index contributed by atoms with van der Waals surface area (Å²) in [6.45, 7) is 2.25. The maximum absolute atomic E-state index is 12.6. The van der Waals surface area contributed by atoms with E-state index in [1.165, 1.54) is 70.6 Å². The van der Waals surface area contributed by atoms with Crippen molar-refractivity contribution in [3.8, 4) is 0 Å². The van der Waals surface area contributed by atoms with Gasteiger partial charge in [0.15, 0.2) is 6.10 Å². The largest absolute Gasteiger partial charge is 0.472 e. The Morgan fingerprint density at radius 2 is 1.04 bits per heavy atom. The normalized spacial score (nSPS) is 14.3. The van der Waals surface area contributed by atoms with E-state index in [2.05, 4.69) is 54.8 Å². The van der Waals surface area contributed by atoms with Gasteiger partial charge < -0.3 is 24.6 Å². The van der Waals surface area contributed by atoms with Gasteiger partial charge in [-0.3, -0.25) is 18.6 Å². The maximum Gasteiger partial charge on any atom is 0.472 e. The lowest BCUT2D eigenvalue weighted by Gasteiger charge is -2.20. The van der Waals surface area contributed by atoms with Crippen molar-refractivity contribution < 1.29 is 47.8 Å². The molecule has 0 saturated heterocycles. The minimum Gasteiger partial charge on any atom is -0.462 e. The van der Waals surface area contributed by atoms with Crippen LogP contribution in [0, 0.1) is 0 Å². The lowest BCUT2D eigenvalue weighted by atomic mass is 10.0. The van der Waals surface area contributed by atoms with E-state index in [4.69, 9.17) is 19.1 Å². The highest BCUT2D eigenvalue weighted by atomic mass is 31.2. The SMILES string of the molecule is CC/C=C\C/C=C\C/C=C\CCCCCCCC(=O)OC(COC(=O)CCCCCCCCCCCCCCCCC)COP(=O)(O)OCC(O)CO. The number of phosphoric ester groups is 1. The standard InChI is InChI=1S/C42H77O10P/c1-3-5-7-9-11-13-15-17-19-21-23-25-27-29-31-33-41(45)49-37-40(38-51-53(47,48)50-36-39(44)35-43)52-42(46)34-32-30-28-26-24-22-20-18-16-14-12-10-8-6-4-2/h6,8,12,14,18,20,39-40,43-44H,3-5,7,9-11,13,15-17,19,21-38H2,1-2H3,(H,47,48)/b8-6-,14-12-,20-18-. The van der Waals surface area contributed by atoms with Crippen LogP contribution in [0.4, 0.5) is 0 Å². The summed E-state index contributed by atoms with van der Waals surface area (Å²) >= 11 is 0. The second-order valence-electron chi connectivity index (χ2n) is 14.0. The van der Waals surface area contributed by atoms with Crippen LogP contribution in [-0.2, 0) is 32.7 Å². The van der Waals surface area contributed by atoms with Crippen LogP contribution in [0.25, 0.3) is 0 Å². The van der Waals surface area contributed by atoms with Crippen molar-refractivity contribution in [2.45, 2.75) is 193 Å². The summed E-state index contributed by atoms with van der Waals surface area (Å²) in [5, 5.41) is 18.3. The second kappa shape index (κ2) is 38.5. The predicted octanol–water partition coefficient (Wildman–Crippen LogP) is 10.8. The van der Waals surface area contributed by atoms with E-state index >= 15 is 0 Å². The van der Waals surface area contributed by atoms with Crippen LogP contribution in [-0.4, -0.2) is 65.7 Å². The third-order valence-corrected chi connectivity index (χ3v) is 9.76. The summed E-state index contributed by atoms with van der Waals surface area (Å²) in [5.74, 6) is -0.941. The van der Waals surface area contributed by atoms with Crippen molar-refractivity contribution in [3.63, 3.8) is 0 Å². The van der Waals surface area contributed by atoms with Crippen molar-refractivity contribution in [3.05, 3.63) is 36.5 Å². The van der Waals surface area contributed by atoms with Gasteiger partial charge in [0.1, 0.15) is 12.7 Å². The third-order valence-electron chi connectivity index (χ3n) is 8.81. The number of aliphatic hydroxyl groups is 2. The van der Waals surface area contributed by atoms with E-state index in [0.29, 0.717) is 12.8 Å². The van der Waals surface area contributed by atoms with E-state index in [0.717, 1.165) is 70.6 Å². The number of hydrogen-bond acceptors (Lipinski definition) is 9. The Bertz CT molecular complexity index is 983. The molecule has 10 nitrogen and oxygen atoms in total. The van der Waals surface area contributed by atoms with E-state index in [-0.39, 0.29) is 19.4 Å².